The minimum absolute atomic E-state index is 0.0805. The van der Waals surface area contributed by atoms with Crippen LogP contribution in [0.1, 0.15) is 25.8 Å². The molecule has 2 aromatic rings. The number of thiocarbonyl (C=S) groups is 1. The summed E-state index contributed by atoms with van der Waals surface area (Å²) in [4.78, 5) is 29.0. The molecule has 0 aliphatic rings. The van der Waals surface area contributed by atoms with Crippen molar-refractivity contribution < 1.29 is 9.53 Å². The number of thioether (sulfide) groups is 1. The fourth-order valence-corrected chi connectivity index (χ4v) is 3.83. The first-order valence-corrected chi connectivity index (χ1v) is 10.9. The summed E-state index contributed by atoms with van der Waals surface area (Å²) < 4.78 is 4.91. The number of fused-ring (bicyclic) bond motifs is 1. The summed E-state index contributed by atoms with van der Waals surface area (Å²) in [6, 6.07) is 8.87. The molecule has 28 heavy (non-hydrogen) atoms. The molecule has 0 aliphatic heterocycles. The van der Waals surface area contributed by atoms with E-state index in [2.05, 4.69) is 10.3 Å². The molecule has 0 unspecified atom stereocenters. The van der Waals surface area contributed by atoms with Crippen LogP contribution in [0.25, 0.3) is 10.9 Å². The number of nitrogens with one attached hydrogen (secondary N) is 2. The molecule has 1 aromatic carbocycles. The quantitative estimate of drug-likeness (QED) is 0.501. The molecule has 0 saturated heterocycles. The van der Waals surface area contributed by atoms with Gasteiger partial charge in [-0.2, -0.15) is 11.8 Å². The van der Waals surface area contributed by atoms with Crippen LogP contribution in [-0.4, -0.2) is 52.2 Å². The van der Waals surface area contributed by atoms with Crippen LogP contribution in [0, 0.1) is 0 Å². The number of aromatic amines is 1. The van der Waals surface area contributed by atoms with Gasteiger partial charge in [-0.3, -0.25) is 4.79 Å². The van der Waals surface area contributed by atoms with Gasteiger partial charge in [0, 0.05) is 29.6 Å². The van der Waals surface area contributed by atoms with Crippen molar-refractivity contribution in [1.82, 2.24) is 15.2 Å². The molecule has 1 atom stereocenters. The summed E-state index contributed by atoms with van der Waals surface area (Å²) in [7, 11) is 1.38. The third kappa shape index (κ3) is 5.72. The molecule has 0 aliphatic carbocycles. The predicted molar refractivity (Wildman–Crippen MR) is 120 cm³/mol. The summed E-state index contributed by atoms with van der Waals surface area (Å²) in [6.45, 7) is 4.52. The van der Waals surface area contributed by atoms with E-state index >= 15 is 0 Å². The van der Waals surface area contributed by atoms with Crippen molar-refractivity contribution in [2.75, 3.05) is 19.1 Å². The average molecular weight is 422 g/mol. The second kappa shape index (κ2) is 10.5. The number of carbonyl (C=O) groups excluding carboxylic acids is 1. The Morgan fingerprint density at radius 1 is 1.36 bits per heavy atom. The number of rotatable bonds is 8. The van der Waals surface area contributed by atoms with Gasteiger partial charge in [0.05, 0.1) is 7.11 Å². The van der Waals surface area contributed by atoms with Crippen LogP contribution in [-0.2, 0) is 16.1 Å². The number of H-pyrrole nitrogens is 1. The van der Waals surface area contributed by atoms with Crippen LogP contribution in [0.15, 0.2) is 35.1 Å². The molecule has 0 bridgehead atoms. The largest absolute Gasteiger partial charge is 0.467 e. The van der Waals surface area contributed by atoms with E-state index in [0.29, 0.717) is 18.1 Å². The van der Waals surface area contributed by atoms with Crippen LogP contribution in [0.2, 0.25) is 0 Å². The van der Waals surface area contributed by atoms with Gasteiger partial charge in [0.15, 0.2) is 5.11 Å². The lowest BCUT2D eigenvalue weighted by Crippen LogP contribution is -2.50. The topological polar surface area (TPSA) is 74.4 Å². The van der Waals surface area contributed by atoms with Crippen molar-refractivity contribution in [3.63, 3.8) is 0 Å². The Bertz CT molecular complexity index is 882. The van der Waals surface area contributed by atoms with Crippen molar-refractivity contribution in [3.05, 3.63) is 46.2 Å². The normalized spacial score (nSPS) is 12.0. The Balaban J connectivity index is 2.27. The Morgan fingerprint density at radius 2 is 2.07 bits per heavy atom. The lowest BCUT2D eigenvalue weighted by Gasteiger charge is -2.32. The number of pyridine rings is 1. The zero-order valence-electron chi connectivity index (χ0n) is 16.7. The van der Waals surface area contributed by atoms with Gasteiger partial charge in [-0.25, -0.2) is 4.79 Å². The van der Waals surface area contributed by atoms with Gasteiger partial charge in [-0.1, -0.05) is 18.2 Å². The van der Waals surface area contributed by atoms with E-state index in [9.17, 15) is 9.59 Å². The molecule has 1 aromatic heterocycles. The summed E-state index contributed by atoms with van der Waals surface area (Å²) in [5.74, 6) is 0.483. The Kier molecular flexibility index (Phi) is 8.32. The number of carbonyl (C=O) groups is 1. The number of esters is 1. The standard InChI is InChI=1S/C20H27N3O3S2/c1-13(2)23(20(27)22-17(9-10-28-4)19(25)26-3)12-14-11-18(24)21-16-8-6-5-7-15(14)16/h5-8,11,13,17H,9-10,12H2,1-4H3,(H,21,24)(H,22,27)/t17-/m1/s1. The fraction of sp³-hybridized carbons (Fsp3) is 0.450. The van der Waals surface area contributed by atoms with E-state index in [0.717, 1.165) is 22.2 Å². The maximum atomic E-state index is 12.1. The summed E-state index contributed by atoms with van der Waals surface area (Å²) in [5.41, 5.74) is 1.53. The highest BCUT2D eigenvalue weighted by Gasteiger charge is 2.23. The number of hydrogen-bond donors (Lipinski definition) is 2. The lowest BCUT2D eigenvalue weighted by atomic mass is 10.1. The van der Waals surface area contributed by atoms with Crippen LogP contribution in [0.4, 0.5) is 0 Å². The van der Waals surface area contributed by atoms with E-state index in [-0.39, 0.29) is 17.6 Å². The van der Waals surface area contributed by atoms with Gasteiger partial charge < -0.3 is 19.9 Å². The third-order valence-corrected chi connectivity index (χ3v) is 5.45. The predicted octanol–water partition coefficient (Wildman–Crippen LogP) is 2.91. The highest BCUT2D eigenvalue weighted by molar-refractivity contribution is 7.98. The van der Waals surface area contributed by atoms with E-state index in [4.69, 9.17) is 17.0 Å². The first kappa shape index (κ1) is 22.2. The van der Waals surface area contributed by atoms with Crippen LogP contribution < -0.4 is 10.9 Å². The second-order valence-electron chi connectivity index (χ2n) is 6.73. The van der Waals surface area contributed by atoms with Crippen LogP contribution in [0.3, 0.4) is 0 Å². The molecule has 2 N–H and O–H groups in total. The van der Waals surface area contributed by atoms with Crippen molar-refractivity contribution in [2.45, 2.75) is 38.9 Å². The molecular formula is C20H27N3O3S2. The molecule has 0 saturated carbocycles. The first-order valence-electron chi connectivity index (χ1n) is 9.12. The van der Waals surface area contributed by atoms with Crippen molar-refractivity contribution >= 4 is 46.0 Å². The average Bonchev–Trinajstić information content (AvgIpc) is 2.67. The molecule has 0 spiro atoms. The van der Waals surface area contributed by atoms with Crippen molar-refractivity contribution in [3.8, 4) is 0 Å². The van der Waals surface area contributed by atoms with Gasteiger partial charge in [-0.15, -0.1) is 0 Å². The Morgan fingerprint density at radius 3 is 2.71 bits per heavy atom. The second-order valence-corrected chi connectivity index (χ2v) is 8.11. The number of aromatic nitrogens is 1. The molecule has 6 nitrogen and oxygen atoms in total. The van der Waals surface area contributed by atoms with E-state index in [1.807, 2.05) is 49.3 Å². The summed E-state index contributed by atoms with van der Waals surface area (Å²) in [6.07, 6.45) is 2.61. The third-order valence-electron chi connectivity index (χ3n) is 4.46. The number of benzene rings is 1. The Hall–Kier alpha value is -2.06. The summed E-state index contributed by atoms with van der Waals surface area (Å²) >= 11 is 7.28. The monoisotopic (exact) mass is 421 g/mol. The zero-order valence-corrected chi connectivity index (χ0v) is 18.3. The number of hydrogen-bond acceptors (Lipinski definition) is 5. The van der Waals surface area contributed by atoms with E-state index < -0.39 is 6.04 Å². The lowest BCUT2D eigenvalue weighted by molar-refractivity contribution is -0.142. The zero-order chi connectivity index (χ0) is 20.7. The van der Waals surface area contributed by atoms with Crippen molar-refractivity contribution in [1.29, 1.82) is 0 Å². The van der Waals surface area contributed by atoms with Crippen LogP contribution >= 0.6 is 24.0 Å². The van der Waals surface area contributed by atoms with E-state index in [1.54, 1.807) is 17.8 Å². The number of nitrogens with zero attached hydrogens (tertiary/aromatic N) is 1. The number of methoxy groups -OCH3 is 1. The fourth-order valence-electron chi connectivity index (χ4n) is 2.94. The molecule has 1 heterocycles. The SMILES string of the molecule is COC(=O)[C@@H](CCSC)NC(=S)N(Cc1cc(=O)[nH]c2ccccc12)C(C)C. The summed E-state index contributed by atoms with van der Waals surface area (Å²) in [5, 5.41) is 4.59. The van der Waals surface area contributed by atoms with Gasteiger partial charge in [0.25, 0.3) is 0 Å². The number of para-hydroxylation sites is 1. The minimum Gasteiger partial charge on any atom is -0.467 e. The Labute approximate surface area is 175 Å². The van der Waals surface area contributed by atoms with Gasteiger partial charge >= 0.3 is 5.97 Å². The highest BCUT2D eigenvalue weighted by Crippen LogP contribution is 2.18. The smallest absolute Gasteiger partial charge is 0.328 e. The number of ether oxygens (including phenoxy) is 1. The van der Waals surface area contributed by atoms with E-state index in [1.165, 1.54) is 7.11 Å². The van der Waals surface area contributed by atoms with Crippen molar-refractivity contribution in [2.24, 2.45) is 0 Å². The van der Waals surface area contributed by atoms with Gasteiger partial charge in [0.2, 0.25) is 5.56 Å². The molecular weight excluding hydrogens is 394 g/mol. The molecule has 0 radical (unpaired) electrons. The molecule has 152 valence electrons. The maximum absolute atomic E-state index is 12.1. The molecule has 0 amide bonds. The van der Waals surface area contributed by atoms with Gasteiger partial charge in [-0.05, 0) is 56.1 Å². The molecule has 8 heteroatoms. The maximum Gasteiger partial charge on any atom is 0.328 e. The van der Waals surface area contributed by atoms with Crippen LogP contribution in [0.5, 0.6) is 0 Å². The first-order chi connectivity index (χ1) is 13.4. The highest BCUT2D eigenvalue weighted by atomic mass is 32.2. The minimum atomic E-state index is -0.498. The molecule has 2 rings (SSSR count). The molecule has 0 fully saturated rings. The van der Waals surface area contributed by atoms with Gasteiger partial charge in [0.1, 0.15) is 6.04 Å².